The summed E-state index contributed by atoms with van der Waals surface area (Å²) in [4.78, 5) is 54.5. The second-order valence-corrected chi connectivity index (χ2v) is 30.2. The van der Waals surface area contributed by atoms with E-state index >= 15 is 0 Å². The van der Waals surface area contributed by atoms with Gasteiger partial charge in [0.2, 0.25) is 0 Å². The second-order valence-electron chi connectivity index (χ2n) is 30.2. The van der Waals surface area contributed by atoms with E-state index in [9.17, 15) is 0 Å². The monoisotopic (exact) mass is 1830 g/mol. The summed E-state index contributed by atoms with van der Waals surface area (Å²) < 4.78 is 59.4. The zero-order valence-corrected chi connectivity index (χ0v) is 76.4. The van der Waals surface area contributed by atoms with E-state index in [0.717, 1.165) is 122 Å². The first kappa shape index (κ1) is 100. The highest BCUT2D eigenvalue weighted by Crippen LogP contribution is 2.28. The van der Waals surface area contributed by atoms with Gasteiger partial charge in [-0.05, 0) is 62.4 Å². The van der Waals surface area contributed by atoms with E-state index in [1.807, 2.05) is 180 Å². The largest absolute Gasteiger partial charge is 0.463 e. The van der Waals surface area contributed by atoms with Crippen molar-refractivity contribution in [1.82, 2.24) is 49.8 Å². The first-order chi connectivity index (χ1) is 65.1. The summed E-state index contributed by atoms with van der Waals surface area (Å²) >= 11 is 0. The van der Waals surface area contributed by atoms with Crippen LogP contribution >= 0.6 is 0 Å². The molecule has 10 heterocycles. The van der Waals surface area contributed by atoms with Gasteiger partial charge in [0.15, 0.2) is 29.1 Å². The number of nitrogens with zero attached hydrogens (tertiary/aromatic N) is 21. The highest BCUT2D eigenvalue weighted by atomic mass is 16.5. The number of aromatic nitrogens is 10. The quantitative estimate of drug-likeness (QED) is 0.0103. The SMILES string of the molecule is COCCOc1nc(N2CCOCC2)cc(N(C)/N=C/c2cccc(C)c2)n1.Cc1cccc(/C=N/Nc2cc(N3CCOCC3)nc(OCCCO)n2)c1.Cc1cccc(/C=N/Nc2cc(N3CCOCC3)nc(OCCO)n2)c1.Cc1cccc(/C=N/Nc2cc(N3CCOCC3)nc(OCCO)n2)c1.Cc1cccc(/C=N/Nc2cc(N3CCOCC3)nc(OCCO)n2)c1. The number of ether oxygens (including phenoxy) is 11. The van der Waals surface area contributed by atoms with Gasteiger partial charge >= 0.3 is 30.1 Å². The Morgan fingerprint density at radius 1 is 0.316 bits per heavy atom. The van der Waals surface area contributed by atoms with Gasteiger partial charge in [-0.3, -0.25) is 26.7 Å². The minimum atomic E-state index is -0.0978. The molecule has 0 atom stereocenters. The maximum absolute atomic E-state index is 8.96. The number of aliphatic hydroxyl groups excluding tert-OH is 4. The van der Waals surface area contributed by atoms with Gasteiger partial charge in [-0.15, -0.1) is 0 Å². The van der Waals surface area contributed by atoms with Crippen LogP contribution in [0.2, 0.25) is 0 Å². The number of rotatable bonds is 37. The van der Waals surface area contributed by atoms with Crippen molar-refractivity contribution < 1.29 is 72.5 Å². The molecule has 0 bridgehead atoms. The zero-order valence-electron chi connectivity index (χ0n) is 76.4. The average Bonchev–Trinajstić information content (AvgIpc) is 0.832. The first-order valence-electron chi connectivity index (χ1n) is 44.1. The Hall–Kier alpha value is -13.6. The van der Waals surface area contributed by atoms with Crippen molar-refractivity contribution in [2.75, 3.05) is 263 Å². The Morgan fingerprint density at radius 3 is 0.835 bits per heavy atom. The Bertz CT molecular complexity index is 4990. The van der Waals surface area contributed by atoms with Crippen molar-refractivity contribution in [3.8, 4) is 30.1 Å². The van der Waals surface area contributed by atoms with Crippen LogP contribution in [0.15, 0.2) is 177 Å². The molecule has 40 nitrogen and oxygen atoms in total. The lowest BCUT2D eigenvalue weighted by atomic mass is 10.2. The minimum Gasteiger partial charge on any atom is -0.463 e. The fraction of sp³-hybridized carbons (Fsp3) is 0.409. The molecule has 8 N–H and O–H groups in total. The van der Waals surface area contributed by atoms with Gasteiger partial charge in [0, 0.05) is 123 Å². The van der Waals surface area contributed by atoms with Crippen LogP contribution in [0.5, 0.6) is 30.1 Å². The lowest BCUT2D eigenvalue weighted by Gasteiger charge is -2.28. The van der Waals surface area contributed by atoms with Gasteiger partial charge in [-0.1, -0.05) is 149 Å². The molecule has 0 aliphatic carbocycles. The fourth-order valence-electron chi connectivity index (χ4n) is 13.1. The summed E-state index contributed by atoms with van der Waals surface area (Å²) in [6, 6.07) is 50.8. The molecule has 708 valence electrons. The third-order valence-electron chi connectivity index (χ3n) is 19.6. The van der Waals surface area contributed by atoms with E-state index in [1.54, 1.807) is 37.0 Å². The van der Waals surface area contributed by atoms with E-state index in [-0.39, 0.29) is 70.3 Å². The summed E-state index contributed by atoms with van der Waals surface area (Å²) in [5, 5.41) is 59.1. The molecule has 15 rings (SSSR count). The molecule has 5 aliphatic heterocycles. The second kappa shape index (κ2) is 56.2. The average molecular weight is 1830 g/mol. The molecule has 5 aromatic carbocycles. The van der Waals surface area contributed by atoms with Gasteiger partial charge in [0.05, 0.1) is 130 Å². The third-order valence-corrected chi connectivity index (χ3v) is 19.6. The predicted octanol–water partition coefficient (Wildman–Crippen LogP) is 8.26. The number of hydrogen-bond acceptors (Lipinski definition) is 40. The molecule has 0 unspecified atom stereocenters. The molecule has 133 heavy (non-hydrogen) atoms. The van der Waals surface area contributed by atoms with Crippen molar-refractivity contribution in [3.05, 3.63) is 207 Å². The number of hydrogen-bond donors (Lipinski definition) is 8. The van der Waals surface area contributed by atoms with Crippen molar-refractivity contribution in [2.24, 2.45) is 25.5 Å². The van der Waals surface area contributed by atoms with Crippen LogP contribution in [0, 0.1) is 34.6 Å². The molecule has 0 radical (unpaired) electrons. The van der Waals surface area contributed by atoms with Crippen LogP contribution < -0.4 is 74.9 Å². The molecule has 40 heteroatoms. The van der Waals surface area contributed by atoms with E-state index in [4.69, 9.17) is 72.5 Å². The molecule has 0 spiro atoms. The number of methoxy groups -OCH3 is 1. The molecule has 0 amide bonds. The van der Waals surface area contributed by atoms with E-state index < -0.39 is 0 Å². The fourth-order valence-corrected chi connectivity index (χ4v) is 13.1. The zero-order chi connectivity index (χ0) is 93.2. The summed E-state index contributed by atoms with van der Waals surface area (Å²) in [6.07, 6.45) is 9.29. The third kappa shape index (κ3) is 35.9. The molecule has 0 saturated carbocycles. The molecule has 5 fully saturated rings. The number of aliphatic hydroxyl groups is 4. The van der Waals surface area contributed by atoms with E-state index in [1.165, 1.54) is 27.8 Å². The molecular formula is C93H121N25O15. The Morgan fingerprint density at radius 2 is 0.571 bits per heavy atom. The normalized spacial score (nSPS) is 14.6. The smallest absolute Gasteiger partial charge is 0.320 e. The molecule has 10 aromatic rings. The van der Waals surface area contributed by atoms with Gasteiger partial charge in [0.1, 0.15) is 55.5 Å². The number of benzene rings is 5. The lowest BCUT2D eigenvalue weighted by molar-refractivity contribution is 0.122. The number of anilines is 10. The predicted molar refractivity (Wildman–Crippen MR) is 514 cm³/mol. The summed E-state index contributed by atoms with van der Waals surface area (Å²) in [5.74, 6) is 6.58. The molecule has 5 saturated heterocycles. The van der Waals surface area contributed by atoms with Crippen molar-refractivity contribution >= 4 is 89.3 Å². The first-order valence-corrected chi connectivity index (χ1v) is 44.1. The maximum Gasteiger partial charge on any atom is 0.320 e. The number of morpholine rings is 5. The minimum absolute atomic E-state index is 0.0645. The van der Waals surface area contributed by atoms with E-state index in [2.05, 4.69) is 141 Å². The van der Waals surface area contributed by atoms with Crippen LogP contribution in [-0.4, -0.2) is 313 Å². The summed E-state index contributed by atoms with van der Waals surface area (Å²) in [6.45, 7) is 25.9. The Kier molecular flexibility index (Phi) is 42.3. The van der Waals surface area contributed by atoms with Crippen LogP contribution in [-0.2, 0) is 28.4 Å². The van der Waals surface area contributed by atoms with E-state index in [0.29, 0.717) is 127 Å². The number of hydrazone groups is 5. The Balaban J connectivity index is 0.000000160. The molecule has 5 aliphatic rings. The van der Waals surface area contributed by atoms with Crippen molar-refractivity contribution in [2.45, 2.75) is 41.0 Å². The lowest BCUT2D eigenvalue weighted by Crippen LogP contribution is -2.37. The van der Waals surface area contributed by atoms with Gasteiger partial charge < -0.3 is 97.0 Å². The standard InChI is InChI=1S/C20H27N5O3.C19H25N5O3.3C18H23N5O3/c1-16-5-4-6-17(13-16)15-21-24(2)18-14-19(25-7-9-27-10-8-25)23-20(22-18)28-12-11-26-3;1-15-4-2-5-16(12-15)14-20-23-17-13-18(24-6-10-26-11-7-24)22-19(21-17)27-9-3-8-25;3*1-14-3-2-4-15(11-14)13-19-22-16-12-17(23-5-8-25-9-6-23)21-18(20-16)26-10-7-24/h4-6,13-15H,7-12H2,1-3H3;2,4-5,12-14,25H,3,6-11H2,1H3,(H,21,22,23);3*2-4,11-13,24H,5-10H2,1H3,(H,20,21,22)/b21-15+;20-14+;3*19-13+. The van der Waals surface area contributed by atoms with Gasteiger partial charge in [0.25, 0.3) is 0 Å². The van der Waals surface area contributed by atoms with Crippen LogP contribution in [0.1, 0.15) is 62.1 Å². The van der Waals surface area contributed by atoms with Crippen LogP contribution in [0.25, 0.3) is 0 Å². The number of aryl methyl sites for hydroxylation is 5. The summed E-state index contributed by atoms with van der Waals surface area (Å²) in [7, 11) is 3.49. The highest BCUT2D eigenvalue weighted by molar-refractivity contribution is 5.83. The van der Waals surface area contributed by atoms with Crippen molar-refractivity contribution in [1.29, 1.82) is 0 Å². The van der Waals surface area contributed by atoms with Crippen molar-refractivity contribution in [3.63, 3.8) is 0 Å². The van der Waals surface area contributed by atoms with Gasteiger partial charge in [-0.2, -0.15) is 75.3 Å². The summed E-state index contributed by atoms with van der Waals surface area (Å²) in [5.41, 5.74) is 22.6. The van der Waals surface area contributed by atoms with Crippen LogP contribution in [0.3, 0.4) is 0 Å². The topological polar surface area (TPSA) is 441 Å². The number of nitrogens with one attached hydrogen (secondary N) is 4. The molecular weight excluding hydrogens is 1710 g/mol. The van der Waals surface area contributed by atoms with Gasteiger partial charge in [-0.25, -0.2) is 0 Å². The van der Waals surface area contributed by atoms with Crippen LogP contribution in [0.4, 0.5) is 58.2 Å². The Labute approximate surface area is 774 Å². The molecule has 5 aromatic heterocycles. The highest BCUT2D eigenvalue weighted by Gasteiger charge is 2.23. The maximum atomic E-state index is 8.96.